The molecule has 0 amide bonds. The number of benzene rings is 1. The topological polar surface area (TPSA) is 92.4 Å². The molecule has 0 aliphatic heterocycles. The molecule has 7 heteroatoms. The summed E-state index contributed by atoms with van der Waals surface area (Å²) in [5, 5.41) is 18.0. The summed E-state index contributed by atoms with van der Waals surface area (Å²) in [6.45, 7) is 0. The molecule has 21 heavy (non-hydrogen) atoms. The van der Waals surface area contributed by atoms with Gasteiger partial charge in [-0.1, -0.05) is 11.6 Å². The van der Waals surface area contributed by atoms with Crippen LogP contribution in [0.1, 0.15) is 15.9 Å². The maximum Gasteiger partial charge on any atom is 0.341 e. The van der Waals surface area contributed by atoms with E-state index < -0.39 is 5.97 Å². The van der Waals surface area contributed by atoms with Gasteiger partial charge in [0.25, 0.3) is 0 Å². The second kappa shape index (κ2) is 6.11. The van der Waals surface area contributed by atoms with Crippen LogP contribution >= 0.6 is 11.6 Å². The van der Waals surface area contributed by atoms with Gasteiger partial charge in [0, 0.05) is 6.07 Å². The maximum absolute atomic E-state index is 11.1. The van der Waals surface area contributed by atoms with Crippen LogP contribution in [-0.4, -0.2) is 23.2 Å². The number of pyridine rings is 1. The van der Waals surface area contributed by atoms with Crippen LogP contribution in [0.15, 0.2) is 30.3 Å². The SMILES string of the molecule is COc1cc(C#N)ccc1Oc1nc(Cl)ccc1C(=O)O. The number of carboxylic acids is 1. The molecule has 0 aliphatic carbocycles. The molecule has 106 valence electrons. The summed E-state index contributed by atoms with van der Waals surface area (Å²) in [6, 6.07) is 9.10. The van der Waals surface area contributed by atoms with Crippen molar-refractivity contribution >= 4 is 17.6 Å². The normalized spacial score (nSPS) is 9.76. The van der Waals surface area contributed by atoms with Crippen molar-refractivity contribution in [1.29, 1.82) is 5.26 Å². The van der Waals surface area contributed by atoms with E-state index in [1.54, 1.807) is 0 Å². The molecule has 6 nitrogen and oxygen atoms in total. The van der Waals surface area contributed by atoms with Crippen molar-refractivity contribution in [2.24, 2.45) is 0 Å². The molecule has 0 atom stereocenters. The number of methoxy groups -OCH3 is 1. The van der Waals surface area contributed by atoms with E-state index in [9.17, 15) is 4.79 Å². The van der Waals surface area contributed by atoms with E-state index in [0.717, 1.165) is 0 Å². The highest BCUT2D eigenvalue weighted by molar-refractivity contribution is 6.29. The highest BCUT2D eigenvalue weighted by Crippen LogP contribution is 2.33. The van der Waals surface area contributed by atoms with Gasteiger partial charge in [-0.15, -0.1) is 0 Å². The van der Waals surface area contributed by atoms with Crippen LogP contribution in [0, 0.1) is 11.3 Å². The Labute approximate surface area is 125 Å². The highest BCUT2D eigenvalue weighted by atomic mass is 35.5. The van der Waals surface area contributed by atoms with Crippen LogP contribution in [0.3, 0.4) is 0 Å². The molecule has 1 N–H and O–H groups in total. The lowest BCUT2D eigenvalue weighted by Crippen LogP contribution is -2.02. The number of carbonyl (C=O) groups is 1. The minimum absolute atomic E-state index is 0.0996. The van der Waals surface area contributed by atoms with Gasteiger partial charge in [-0.2, -0.15) is 5.26 Å². The fourth-order valence-corrected chi connectivity index (χ4v) is 1.72. The molecule has 1 heterocycles. The molecule has 0 spiro atoms. The zero-order valence-corrected chi connectivity index (χ0v) is 11.6. The van der Waals surface area contributed by atoms with E-state index in [1.165, 1.54) is 37.4 Å². The zero-order chi connectivity index (χ0) is 15.4. The quantitative estimate of drug-likeness (QED) is 0.872. The van der Waals surface area contributed by atoms with Gasteiger partial charge in [0.05, 0.1) is 18.7 Å². The van der Waals surface area contributed by atoms with E-state index >= 15 is 0 Å². The summed E-state index contributed by atoms with van der Waals surface area (Å²) in [4.78, 5) is 15.0. The molecule has 0 bridgehead atoms. The third-order valence-corrected chi connectivity index (χ3v) is 2.77. The van der Waals surface area contributed by atoms with Crippen molar-refractivity contribution in [3.8, 4) is 23.4 Å². The third kappa shape index (κ3) is 3.22. The monoisotopic (exact) mass is 304 g/mol. The molecule has 2 aromatic rings. The fraction of sp³-hybridized carbons (Fsp3) is 0.0714. The van der Waals surface area contributed by atoms with E-state index in [4.69, 9.17) is 31.4 Å². The molecular formula is C14H9ClN2O4. The van der Waals surface area contributed by atoms with Crippen LogP contribution in [0.2, 0.25) is 5.15 Å². The Balaban J connectivity index is 2.45. The van der Waals surface area contributed by atoms with Gasteiger partial charge in [0.15, 0.2) is 11.5 Å². The van der Waals surface area contributed by atoms with Crippen LogP contribution in [0.5, 0.6) is 17.4 Å². The van der Waals surface area contributed by atoms with Gasteiger partial charge in [-0.05, 0) is 24.3 Å². The molecule has 1 aromatic carbocycles. The third-order valence-electron chi connectivity index (χ3n) is 2.56. The lowest BCUT2D eigenvalue weighted by atomic mass is 10.2. The summed E-state index contributed by atoms with van der Waals surface area (Å²) >= 11 is 5.75. The second-order valence-corrected chi connectivity index (χ2v) is 4.26. The summed E-state index contributed by atoms with van der Waals surface area (Å²) < 4.78 is 10.6. The van der Waals surface area contributed by atoms with Crippen molar-refractivity contribution in [2.45, 2.75) is 0 Å². The van der Waals surface area contributed by atoms with Crippen LogP contribution in [-0.2, 0) is 0 Å². The van der Waals surface area contributed by atoms with Crippen molar-refractivity contribution < 1.29 is 19.4 Å². The number of aromatic nitrogens is 1. The number of rotatable bonds is 4. The minimum Gasteiger partial charge on any atom is -0.493 e. The first-order valence-electron chi connectivity index (χ1n) is 5.71. The summed E-state index contributed by atoms with van der Waals surface area (Å²) in [6.07, 6.45) is 0. The summed E-state index contributed by atoms with van der Waals surface area (Å²) in [5.41, 5.74) is 0.252. The van der Waals surface area contributed by atoms with Gasteiger partial charge in [-0.3, -0.25) is 0 Å². The maximum atomic E-state index is 11.1. The Bertz CT molecular complexity index is 740. The van der Waals surface area contributed by atoms with Crippen LogP contribution in [0.25, 0.3) is 0 Å². The van der Waals surface area contributed by atoms with Crippen LogP contribution < -0.4 is 9.47 Å². The van der Waals surface area contributed by atoms with E-state index in [1.807, 2.05) is 6.07 Å². The summed E-state index contributed by atoms with van der Waals surface area (Å²) in [7, 11) is 1.41. The minimum atomic E-state index is -1.19. The second-order valence-electron chi connectivity index (χ2n) is 3.87. The molecule has 0 saturated heterocycles. The lowest BCUT2D eigenvalue weighted by molar-refractivity contribution is 0.0693. The number of carboxylic acid groups (broad SMARTS) is 1. The average molecular weight is 305 g/mol. The Morgan fingerprint density at radius 3 is 2.71 bits per heavy atom. The number of hydrogen-bond acceptors (Lipinski definition) is 5. The molecule has 0 radical (unpaired) electrons. The molecule has 0 saturated carbocycles. The Kier molecular flexibility index (Phi) is 4.26. The Hall–Kier alpha value is -2.78. The van der Waals surface area contributed by atoms with Gasteiger partial charge < -0.3 is 14.6 Å². The average Bonchev–Trinajstić information content (AvgIpc) is 2.47. The first-order chi connectivity index (χ1) is 10.0. The van der Waals surface area contributed by atoms with Crippen molar-refractivity contribution in [2.75, 3.05) is 7.11 Å². The smallest absolute Gasteiger partial charge is 0.341 e. The van der Waals surface area contributed by atoms with Gasteiger partial charge in [0.1, 0.15) is 10.7 Å². The summed E-state index contributed by atoms with van der Waals surface area (Å²) in [5.74, 6) is -0.833. The first-order valence-corrected chi connectivity index (χ1v) is 6.08. The van der Waals surface area contributed by atoms with Crippen LogP contribution in [0.4, 0.5) is 0 Å². The zero-order valence-electron chi connectivity index (χ0n) is 10.8. The molecule has 0 aliphatic rings. The predicted octanol–water partition coefficient (Wildman–Crippen LogP) is 3.11. The van der Waals surface area contributed by atoms with Gasteiger partial charge in [0.2, 0.25) is 5.88 Å². The van der Waals surface area contributed by atoms with E-state index in [0.29, 0.717) is 5.56 Å². The Morgan fingerprint density at radius 1 is 1.33 bits per heavy atom. The van der Waals surface area contributed by atoms with Crippen molar-refractivity contribution in [3.63, 3.8) is 0 Å². The molecule has 0 fully saturated rings. The molecular weight excluding hydrogens is 296 g/mol. The molecule has 0 unspecified atom stereocenters. The number of ether oxygens (including phenoxy) is 2. The number of halogens is 1. The van der Waals surface area contributed by atoms with Crippen molar-refractivity contribution in [3.05, 3.63) is 46.6 Å². The standard InChI is InChI=1S/C14H9ClN2O4/c1-20-11-6-8(7-16)2-4-10(11)21-13-9(14(18)19)3-5-12(15)17-13/h2-6H,1H3,(H,18,19). The number of nitrogens with zero attached hydrogens (tertiary/aromatic N) is 2. The Morgan fingerprint density at radius 2 is 2.10 bits per heavy atom. The fourth-order valence-electron chi connectivity index (χ4n) is 1.58. The molecule has 2 rings (SSSR count). The van der Waals surface area contributed by atoms with E-state index in [-0.39, 0.29) is 28.1 Å². The van der Waals surface area contributed by atoms with Gasteiger partial charge in [-0.25, -0.2) is 9.78 Å². The largest absolute Gasteiger partial charge is 0.493 e. The molecule has 1 aromatic heterocycles. The number of aromatic carboxylic acids is 1. The number of nitriles is 1. The number of hydrogen-bond donors (Lipinski definition) is 1. The van der Waals surface area contributed by atoms with E-state index in [2.05, 4.69) is 4.98 Å². The van der Waals surface area contributed by atoms with Crippen molar-refractivity contribution in [1.82, 2.24) is 4.98 Å². The lowest BCUT2D eigenvalue weighted by Gasteiger charge is -2.11. The predicted molar refractivity (Wildman–Crippen MR) is 74.0 cm³/mol. The van der Waals surface area contributed by atoms with Gasteiger partial charge >= 0.3 is 5.97 Å². The first kappa shape index (κ1) is 14.6. The highest BCUT2D eigenvalue weighted by Gasteiger charge is 2.16.